The Morgan fingerprint density at radius 1 is 1.29 bits per heavy atom. The fraction of sp³-hybridized carbons (Fsp3) is 0.529. The number of aryl methyl sites for hydroxylation is 4. The minimum atomic E-state index is 0.0310. The van der Waals surface area contributed by atoms with Crippen molar-refractivity contribution < 1.29 is 4.79 Å². The van der Waals surface area contributed by atoms with Crippen LogP contribution in [0.4, 0.5) is 5.82 Å². The predicted octanol–water partition coefficient (Wildman–Crippen LogP) is 1.27. The molecule has 1 amide bonds. The summed E-state index contributed by atoms with van der Waals surface area (Å²) >= 11 is 0. The molecular formula is C17H22N6O. The predicted molar refractivity (Wildman–Crippen MR) is 90.2 cm³/mol. The van der Waals surface area contributed by atoms with E-state index < -0.39 is 0 Å². The summed E-state index contributed by atoms with van der Waals surface area (Å²) in [6.45, 7) is 5.34. The van der Waals surface area contributed by atoms with Gasteiger partial charge < -0.3 is 9.80 Å². The van der Waals surface area contributed by atoms with Gasteiger partial charge in [-0.25, -0.2) is 0 Å². The van der Waals surface area contributed by atoms with E-state index in [0.29, 0.717) is 5.56 Å². The molecule has 4 rings (SSSR count). The number of anilines is 1. The molecule has 0 spiro atoms. The third kappa shape index (κ3) is 2.35. The maximum atomic E-state index is 12.7. The molecule has 2 aliphatic rings. The monoisotopic (exact) mass is 326 g/mol. The molecule has 2 aromatic heterocycles. The third-order valence-corrected chi connectivity index (χ3v) is 5.20. The SMILES string of the molecule is Cc1n[nH]c(C)c1C(=O)N(C)C1CN(c2cc3c(nn2)CCC3)C1. The van der Waals surface area contributed by atoms with Crippen molar-refractivity contribution in [3.8, 4) is 0 Å². The summed E-state index contributed by atoms with van der Waals surface area (Å²) in [4.78, 5) is 16.7. The van der Waals surface area contributed by atoms with Crippen molar-refractivity contribution in [3.63, 3.8) is 0 Å². The zero-order valence-electron chi connectivity index (χ0n) is 14.3. The van der Waals surface area contributed by atoms with Crippen LogP contribution in [0.15, 0.2) is 6.07 Å². The normalized spacial score (nSPS) is 16.9. The fourth-order valence-electron chi connectivity index (χ4n) is 3.57. The van der Waals surface area contributed by atoms with Crippen molar-refractivity contribution in [2.24, 2.45) is 0 Å². The first-order valence-corrected chi connectivity index (χ1v) is 8.43. The van der Waals surface area contributed by atoms with E-state index in [-0.39, 0.29) is 11.9 Å². The Bertz CT molecular complexity index is 773. The highest BCUT2D eigenvalue weighted by atomic mass is 16.2. The number of hydrogen-bond acceptors (Lipinski definition) is 5. The van der Waals surface area contributed by atoms with Gasteiger partial charge in [-0.3, -0.25) is 9.89 Å². The second kappa shape index (κ2) is 5.58. The Morgan fingerprint density at radius 2 is 2.08 bits per heavy atom. The van der Waals surface area contributed by atoms with Crippen molar-refractivity contribution in [2.75, 3.05) is 25.0 Å². The first-order valence-electron chi connectivity index (χ1n) is 8.43. The lowest BCUT2D eigenvalue weighted by Crippen LogP contribution is -2.60. The average Bonchev–Trinajstić information content (AvgIpc) is 3.11. The number of likely N-dealkylation sites (N-methyl/N-ethyl adjacent to an activating group) is 1. The molecule has 0 unspecified atom stereocenters. The van der Waals surface area contributed by atoms with Gasteiger partial charge in [0.1, 0.15) is 0 Å². The Balaban J connectivity index is 1.43. The molecule has 7 heteroatoms. The maximum Gasteiger partial charge on any atom is 0.257 e. The number of carbonyl (C=O) groups is 1. The molecule has 0 radical (unpaired) electrons. The highest BCUT2D eigenvalue weighted by molar-refractivity contribution is 5.96. The van der Waals surface area contributed by atoms with Crippen LogP contribution in [0.1, 0.15) is 39.4 Å². The van der Waals surface area contributed by atoms with Gasteiger partial charge >= 0.3 is 0 Å². The van der Waals surface area contributed by atoms with Gasteiger partial charge in [-0.1, -0.05) is 0 Å². The fourth-order valence-corrected chi connectivity index (χ4v) is 3.57. The van der Waals surface area contributed by atoms with Gasteiger partial charge in [-0.15, -0.1) is 5.10 Å². The largest absolute Gasteiger partial charge is 0.351 e. The molecule has 1 N–H and O–H groups in total. The van der Waals surface area contributed by atoms with Crippen molar-refractivity contribution in [3.05, 3.63) is 34.3 Å². The van der Waals surface area contributed by atoms with Gasteiger partial charge in [0.05, 0.1) is 23.0 Å². The molecule has 1 aliphatic carbocycles. The molecular weight excluding hydrogens is 304 g/mol. The van der Waals surface area contributed by atoms with Crippen molar-refractivity contribution in [1.29, 1.82) is 0 Å². The van der Waals surface area contributed by atoms with E-state index in [1.54, 1.807) is 0 Å². The molecule has 0 aromatic carbocycles. The Morgan fingerprint density at radius 3 is 2.79 bits per heavy atom. The lowest BCUT2D eigenvalue weighted by Gasteiger charge is -2.44. The van der Waals surface area contributed by atoms with Crippen molar-refractivity contribution in [2.45, 2.75) is 39.2 Å². The molecule has 1 fully saturated rings. The number of amides is 1. The van der Waals surface area contributed by atoms with Gasteiger partial charge in [-0.2, -0.15) is 10.2 Å². The van der Waals surface area contributed by atoms with Crippen LogP contribution in [-0.2, 0) is 12.8 Å². The smallest absolute Gasteiger partial charge is 0.257 e. The highest BCUT2D eigenvalue weighted by Gasteiger charge is 2.35. The summed E-state index contributed by atoms with van der Waals surface area (Å²) in [5.41, 5.74) is 4.75. The maximum absolute atomic E-state index is 12.7. The Hall–Kier alpha value is -2.44. The first-order chi connectivity index (χ1) is 11.5. The van der Waals surface area contributed by atoms with Crippen LogP contribution >= 0.6 is 0 Å². The van der Waals surface area contributed by atoms with E-state index in [1.165, 1.54) is 12.0 Å². The number of aromatic nitrogens is 4. The number of carbonyl (C=O) groups excluding carboxylic acids is 1. The van der Waals surface area contributed by atoms with E-state index in [2.05, 4.69) is 31.4 Å². The third-order valence-electron chi connectivity index (χ3n) is 5.20. The number of hydrogen-bond donors (Lipinski definition) is 1. The summed E-state index contributed by atoms with van der Waals surface area (Å²) < 4.78 is 0. The lowest BCUT2D eigenvalue weighted by atomic mass is 10.1. The molecule has 126 valence electrons. The van der Waals surface area contributed by atoms with E-state index in [4.69, 9.17) is 0 Å². The number of H-pyrrole nitrogens is 1. The first kappa shape index (κ1) is 15.1. The van der Waals surface area contributed by atoms with Crippen LogP contribution in [0.3, 0.4) is 0 Å². The Kier molecular flexibility index (Phi) is 3.51. The molecule has 0 bridgehead atoms. The van der Waals surface area contributed by atoms with Crippen LogP contribution in [0, 0.1) is 13.8 Å². The van der Waals surface area contributed by atoms with E-state index >= 15 is 0 Å². The van der Waals surface area contributed by atoms with Crippen molar-refractivity contribution >= 4 is 11.7 Å². The molecule has 1 saturated heterocycles. The zero-order valence-corrected chi connectivity index (χ0v) is 14.3. The van der Waals surface area contributed by atoms with Gasteiger partial charge in [0, 0.05) is 25.8 Å². The van der Waals surface area contributed by atoms with Crippen LogP contribution in [0.25, 0.3) is 0 Å². The second-order valence-electron chi connectivity index (χ2n) is 6.81. The lowest BCUT2D eigenvalue weighted by molar-refractivity contribution is 0.0703. The summed E-state index contributed by atoms with van der Waals surface area (Å²) in [6, 6.07) is 2.36. The molecule has 24 heavy (non-hydrogen) atoms. The summed E-state index contributed by atoms with van der Waals surface area (Å²) in [7, 11) is 1.87. The Labute approximate surface area is 141 Å². The molecule has 2 aromatic rings. The van der Waals surface area contributed by atoms with E-state index in [9.17, 15) is 4.79 Å². The van der Waals surface area contributed by atoms with Gasteiger partial charge in [-0.05, 0) is 44.7 Å². The molecule has 1 aliphatic heterocycles. The summed E-state index contributed by atoms with van der Waals surface area (Å²) in [5, 5.41) is 15.7. The second-order valence-corrected chi connectivity index (χ2v) is 6.81. The van der Waals surface area contributed by atoms with Crippen LogP contribution in [-0.4, -0.2) is 57.4 Å². The molecule has 0 atom stereocenters. The number of aromatic amines is 1. The zero-order chi connectivity index (χ0) is 16.8. The van der Waals surface area contributed by atoms with Gasteiger partial charge in [0.25, 0.3) is 5.91 Å². The number of nitrogens with zero attached hydrogens (tertiary/aromatic N) is 5. The summed E-state index contributed by atoms with van der Waals surface area (Å²) in [5.74, 6) is 0.965. The standard InChI is InChI=1S/C17H22N6O/c1-10-16(11(2)19-18-10)17(24)22(3)13-8-23(9-13)15-7-12-5-4-6-14(12)20-21-15/h7,13H,4-6,8-9H2,1-3H3,(H,18,19). The van der Waals surface area contributed by atoms with Crippen LogP contribution in [0.2, 0.25) is 0 Å². The highest BCUT2D eigenvalue weighted by Crippen LogP contribution is 2.27. The van der Waals surface area contributed by atoms with Gasteiger partial charge in [0.2, 0.25) is 0 Å². The topological polar surface area (TPSA) is 78.0 Å². The van der Waals surface area contributed by atoms with Gasteiger partial charge in [0.15, 0.2) is 5.82 Å². The molecule has 0 saturated carbocycles. The van der Waals surface area contributed by atoms with E-state index in [1.807, 2.05) is 25.8 Å². The quantitative estimate of drug-likeness (QED) is 0.919. The molecule has 3 heterocycles. The number of rotatable bonds is 3. The average molecular weight is 326 g/mol. The summed E-state index contributed by atoms with van der Waals surface area (Å²) in [6.07, 6.45) is 3.33. The van der Waals surface area contributed by atoms with E-state index in [0.717, 1.165) is 48.8 Å². The minimum absolute atomic E-state index is 0.0310. The number of fused-ring (bicyclic) bond motifs is 1. The molecule has 7 nitrogen and oxygen atoms in total. The minimum Gasteiger partial charge on any atom is -0.351 e. The van der Waals surface area contributed by atoms with Crippen LogP contribution < -0.4 is 4.90 Å². The number of nitrogens with one attached hydrogen (secondary N) is 1. The van der Waals surface area contributed by atoms with Crippen LogP contribution in [0.5, 0.6) is 0 Å². The van der Waals surface area contributed by atoms with Crippen molar-refractivity contribution in [1.82, 2.24) is 25.3 Å².